The molecule has 0 spiro atoms. The molecule has 3 heteroatoms. The Bertz CT molecular complexity index is 1140. The van der Waals surface area contributed by atoms with Crippen LogP contribution in [-0.2, 0) is 6.42 Å². The first-order valence-corrected chi connectivity index (χ1v) is 12.2. The number of unbranched alkanes of at least 4 members (excludes halogenated alkanes) is 1. The molecular formula is C30H31F3. The lowest BCUT2D eigenvalue weighted by molar-refractivity contribution is 0.250. The normalized spacial score (nSPS) is 18.2. The highest BCUT2D eigenvalue weighted by Crippen LogP contribution is 2.34. The second-order valence-corrected chi connectivity index (χ2v) is 9.44. The summed E-state index contributed by atoms with van der Waals surface area (Å²) in [5.41, 5.74) is 2.87. The third kappa shape index (κ3) is 5.99. The minimum Gasteiger partial charge on any atom is -0.204 e. The number of halogens is 3. The molecule has 0 aliphatic heterocycles. The van der Waals surface area contributed by atoms with E-state index in [0.717, 1.165) is 29.9 Å². The highest BCUT2D eigenvalue weighted by atomic mass is 19.2. The molecule has 3 aromatic carbocycles. The number of rotatable bonds is 6. The van der Waals surface area contributed by atoms with Crippen LogP contribution in [0.4, 0.5) is 13.2 Å². The molecule has 0 nitrogen and oxygen atoms in total. The molecule has 1 aliphatic rings. The van der Waals surface area contributed by atoms with Crippen molar-refractivity contribution in [3.63, 3.8) is 0 Å². The zero-order valence-electron chi connectivity index (χ0n) is 19.3. The number of hydrogen-bond acceptors (Lipinski definition) is 0. The molecule has 1 aliphatic carbocycles. The Morgan fingerprint density at radius 3 is 2.09 bits per heavy atom. The van der Waals surface area contributed by atoms with Crippen LogP contribution in [0.5, 0.6) is 0 Å². The Balaban J connectivity index is 1.33. The van der Waals surface area contributed by atoms with E-state index in [0.29, 0.717) is 10.9 Å². The first-order valence-electron chi connectivity index (χ1n) is 12.2. The SMILES string of the molecule is CCCCC1CCC(CCc2ccc(C#Cc3ccc4c(F)c(F)c(F)cc4c3)cc2)CC1. The van der Waals surface area contributed by atoms with Gasteiger partial charge in [0.05, 0.1) is 0 Å². The average Bonchev–Trinajstić information content (AvgIpc) is 2.84. The van der Waals surface area contributed by atoms with E-state index in [1.807, 2.05) is 12.1 Å². The highest BCUT2D eigenvalue weighted by Gasteiger charge is 2.20. The van der Waals surface area contributed by atoms with Crippen molar-refractivity contribution >= 4 is 10.8 Å². The average molecular weight is 449 g/mol. The summed E-state index contributed by atoms with van der Waals surface area (Å²) in [5.74, 6) is 4.17. The van der Waals surface area contributed by atoms with Crippen LogP contribution in [0, 0.1) is 41.1 Å². The molecule has 0 heterocycles. The van der Waals surface area contributed by atoms with Gasteiger partial charge in [-0.05, 0) is 66.0 Å². The molecule has 0 bridgehead atoms. The van der Waals surface area contributed by atoms with Gasteiger partial charge in [0.15, 0.2) is 17.5 Å². The second-order valence-electron chi connectivity index (χ2n) is 9.44. The Morgan fingerprint density at radius 1 is 0.758 bits per heavy atom. The van der Waals surface area contributed by atoms with Crippen LogP contribution >= 0.6 is 0 Å². The van der Waals surface area contributed by atoms with Crippen molar-refractivity contribution in [3.8, 4) is 11.8 Å². The number of hydrogen-bond donors (Lipinski definition) is 0. The molecule has 33 heavy (non-hydrogen) atoms. The predicted molar refractivity (Wildman–Crippen MR) is 130 cm³/mol. The van der Waals surface area contributed by atoms with Gasteiger partial charge in [0.25, 0.3) is 0 Å². The smallest absolute Gasteiger partial charge is 0.195 e. The number of benzene rings is 3. The summed E-state index contributed by atoms with van der Waals surface area (Å²) in [6.45, 7) is 2.28. The van der Waals surface area contributed by atoms with Gasteiger partial charge in [-0.25, -0.2) is 13.2 Å². The summed E-state index contributed by atoms with van der Waals surface area (Å²) in [6.07, 6.45) is 12.0. The minimum absolute atomic E-state index is 0.0539. The maximum atomic E-state index is 13.9. The summed E-state index contributed by atoms with van der Waals surface area (Å²) in [4.78, 5) is 0. The molecule has 1 saturated carbocycles. The fourth-order valence-corrected chi connectivity index (χ4v) is 4.95. The topological polar surface area (TPSA) is 0 Å². The van der Waals surface area contributed by atoms with Gasteiger partial charge in [-0.3, -0.25) is 0 Å². The van der Waals surface area contributed by atoms with Crippen LogP contribution in [0.3, 0.4) is 0 Å². The van der Waals surface area contributed by atoms with Gasteiger partial charge in [-0.2, -0.15) is 0 Å². The maximum absolute atomic E-state index is 13.9. The molecular weight excluding hydrogens is 417 g/mol. The summed E-state index contributed by atoms with van der Waals surface area (Å²) in [7, 11) is 0. The van der Waals surface area contributed by atoms with Crippen molar-refractivity contribution in [2.45, 2.75) is 64.7 Å². The molecule has 0 saturated heterocycles. The minimum atomic E-state index is -1.44. The first kappa shape index (κ1) is 23.4. The molecule has 172 valence electrons. The van der Waals surface area contributed by atoms with Crippen molar-refractivity contribution in [1.29, 1.82) is 0 Å². The highest BCUT2D eigenvalue weighted by molar-refractivity contribution is 5.84. The number of fused-ring (bicyclic) bond motifs is 1. The fraction of sp³-hybridized carbons (Fsp3) is 0.400. The summed E-state index contributed by atoms with van der Waals surface area (Å²) in [5, 5.41) is 0.353. The molecule has 3 aromatic rings. The van der Waals surface area contributed by atoms with E-state index in [9.17, 15) is 13.2 Å². The Labute approximate surface area is 195 Å². The largest absolute Gasteiger partial charge is 0.204 e. The zero-order valence-corrected chi connectivity index (χ0v) is 19.3. The molecule has 1 fully saturated rings. The quantitative estimate of drug-likeness (QED) is 0.262. The van der Waals surface area contributed by atoms with Gasteiger partial charge < -0.3 is 0 Å². The summed E-state index contributed by atoms with van der Waals surface area (Å²) >= 11 is 0. The molecule has 0 aromatic heterocycles. The van der Waals surface area contributed by atoms with Crippen molar-refractivity contribution in [3.05, 3.63) is 82.7 Å². The van der Waals surface area contributed by atoms with Gasteiger partial charge >= 0.3 is 0 Å². The van der Waals surface area contributed by atoms with Gasteiger partial charge in [-0.15, -0.1) is 0 Å². The third-order valence-corrected chi connectivity index (χ3v) is 7.05. The molecule has 4 rings (SSSR count). The van der Waals surface area contributed by atoms with Gasteiger partial charge in [-0.1, -0.05) is 81.9 Å². The van der Waals surface area contributed by atoms with Crippen LogP contribution in [0.2, 0.25) is 0 Å². The second kappa shape index (κ2) is 10.9. The Kier molecular flexibility index (Phi) is 7.76. The molecule has 0 N–H and O–H groups in total. The monoisotopic (exact) mass is 448 g/mol. The van der Waals surface area contributed by atoms with E-state index >= 15 is 0 Å². The van der Waals surface area contributed by atoms with E-state index in [2.05, 4.69) is 30.9 Å². The maximum Gasteiger partial charge on any atom is 0.195 e. The van der Waals surface area contributed by atoms with Crippen molar-refractivity contribution in [2.75, 3.05) is 0 Å². The lowest BCUT2D eigenvalue weighted by atomic mass is 9.78. The summed E-state index contributed by atoms with van der Waals surface area (Å²) in [6, 6.07) is 14.0. The predicted octanol–water partition coefficient (Wildman–Crippen LogP) is 8.59. The van der Waals surface area contributed by atoms with E-state index < -0.39 is 17.5 Å². The van der Waals surface area contributed by atoms with Crippen LogP contribution in [0.15, 0.2) is 48.5 Å². The molecule has 0 unspecified atom stereocenters. The molecule has 0 atom stereocenters. The van der Waals surface area contributed by atoms with Gasteiger partial charge in [0.1, 0.15) is 0 Å². The number of aryl methyl sites for hydroxylation is 1. The lowest BCUT2D eigenvalue weighted by Crippen LogP contribution is -2.15. The van der Waals surface area contributed by atoms with Crippen LogP contribution < -0.4 is 0 Å². The van der Waals surface area contributed by atoms with Crippen molar-refractivity contribution in [1.82, 2.24) is 0 Å². The van der Waals surface area contributed by atoms with E-state index in [1.54, 1.807) is 12.1 Å². The zero-order chi connectivity index (χ0) is 23.2. The molecule has 0 radical (unpaired) electrons. The van der Waals surface area contributed by atoms with Crippen LogP contribution in [-0.4, -0.2) is 0 Å². The van der Waals surface area contributed by atoms with E-state index in [4.69, 9.17) is 0 Å². The van der Waals surface area contributed by atoms with Gasteiger partial charge in [0, 0.05) is 16.5 Å². The lowest BCUT2D eigenvalue weighted by Gasteiger charge is -2.28. The van der Waals surface area contributed by atoms with Crippen LogP contribution in [0.25, 0.3) is 10.8 Å². The first-order chi connectivity index (χ1) is 16.0. The Morgan fingerprint density at radius 2 is 1.39 bits per heavy atom. The van der Waals surface area contributed by atoms with Crippen LogP contribution in [0.1, 0.15) is 75.0 Å². The van der Waals surface area contributed by atoms with E-state index in [-0.39, 0.29) is 5.39 Å². The standard InChI is InChI=1S/C30H31F3/c1-2-3-4-21-5-7-22(8-6-21)9-10-23-11-13-24(14-12-23)15-16-25-17-18-27-26(19-25)20-28(31)30(33)29(27)32/h11-14,17-22H,2-10H2,1H3. The van der Waals surface area contributed by atoms with E-state index in [1.165, 1.54) is 63.0 Å². The summed E-state index contributed by atoms with van der Waals surface area (Å²) < 4.78 is 40.8. The fourth-order valence-electron chi connectivity index (χ4n) is 4.95. The molecule has 0 amide bonds. The Hall–Kier alpha value is -2.73. The van der Waals surface area contributed by atoms with Crippen molar-refractivity contribution in [2.24, 2.45) is 11.8 Å². The van der Waals surface area contributed by atoms with Gasteiger partial charge in [0.2, 0.25) is 0 Å². The van der Waals surface area contributed by atoms with Crippen molar-refractivity contribution < 1.29 is 13.2 Å². The third-order valence-electron chi connectivity index (χ3n) is 7.05.